The summed E-state index contributed by atoms with van der Waals surface area (Å²) in [5.74, 6) is -5.99. The topological polar surface area (TPSA) is 333 Å². The van der Waals surface area contributed by atoms with E-state index in [2.05, 4.69) is 10.6 Å². The van der Waals surface area contributed by atoms with Gasteiger partial charge in [-0.25, -0.2) is 4.79 Å². The van der Waals surface area contributed by atoms with Crippen LogP contribution in [0.25, 0.3) is 0 Å². The van der Waals surface area contributed by atoms with Crippen LogP contribution in [0.5, 0.6) is 0 Å². The molecule has 3 aliphatic rings. The maximum atomic E-state index is 12.5. The number of carbonyl (C=O) groups excluding carboxylic acids is 2. The number of aliphatic carboxylic acids is 1. The van der Waals surface area contributed by atoms with Gasteiger partial charge in [0.1, 0.15) is 67.1 Å². The molecule has 0 aromatic carbocycles. The van der Waals surface area contributed by atoms with Gasteiger partial charge in [-0.1, -0.05) is 0 Å². The van der Waals surface area contributed by atoms with Crippen LogP contribution in [0, 0.1) is 0 Å². The molecule has 3 rings (SSSR count). The molecule has 0 radical (unpaired) electrons. The molecule has 3 heterocycles. The molecule has 21 heteroatoms. The van der Waals surface area contributed by atoms with E-state index in [1.165, 1.54) is 7.11 Å². The zero-order valence-corrected chi connectivity index (χ0v) is 25.6. The van der Waals surface area contributed by atoms with Crippen molar-refractivity contribution in [2.75, 3.05) is 26.9 Å². The number of hydrogen-bond acceptors (Lipinski definition) is 18. The van der Waals surface area contributed by atoms with Gasteiger partial charge in [0.05, 0.1) is 32.0 Å². The van der Waals surface area contributed by atoms with Crippen molar-refractivity contribution in [2.45, 2.75) is 118 Å². The van der Waals surface area contributed by atoms with Crippen molar-refractivity contribution < 1.29 is 93.9 Å². The smallest absolute Gasteiger partial charge is 0.364 e. The Kier molecular flexibility index (Phi) is 13.8. The number of carboxylic acids is 1. The molecular weight excluding hydrogens is 644 g/mol. The highest BCUT2D eigenvalue weighted by Crippen LogP contribution is 2.35. The highest BCUT2D eigenvalue weighted by atomic mass is 16.8. The average Bonchev–Trinajstić information content (AvgIpc) is 3.02. The molecule has 0 bridgehead atoms. The quantitative estimate of drug-likeness (QED) is 0.0854. The van der Waals surface area contributed by atoms with Gasteiger partial charge in [-0.3, -0.25) is 9.59 Å². The van der Waals surface area contributed by atoms with Crippen LogP contribution >= 0.6 is 0 Å². The van der Waals surface area contributed by atoms with Gasteiger partial charge >= 0.3 is 5.97 Å². The Labute approximate surface area is 267 Å². The summed E-state index contributed by atoms with van der Waals surface area (Å²) in [6, 6.07) is -2.71. The minimum Gasteiger partial charge on any atom is -0.477 e. The van der Waals surface area contributed by atoms with Crippen molar-refractivity contribution in [2.24, 2.45) is 0 Å². The average molecular weight is 689 g/mol. The number of aliphatic hydroxyl groups is 9. The Morgan fingerprint density at radius 2 is 1.47 bits per heavy atom. The molecule has 3 fully saturated rings. The third-order valence-corrected chi connectivity index (χ3v) is 8.08. The molecule has 16 atom stereocenters. The van der Waals surface area contributed by atoms with Crippen molar-refractivity contribution in [3.05, 3.63) is 0 Å². The zero-order valence-electron chi connectivity index (χ0n) is 25.6. The van der Waals surface area contributed by atoms with Crippen molar-refractivity contribution in [3.63, 3.8) is 0 Å². The van der Waals surface area contributed by atoms with Gasteiger partial charge < -0.3 is 90.1 Å². The van der Waals surface area contributed by atoms with Crippen LogP contribution in [0.2, 0.25) is 0 Å². The molecular formula is C26H44N2O19. The monoisotopic (exact) mass is 688 g/mol. The Morgan fingerprint density at radius 1 is 0.872 bits per heavy atom. The van der Waals surface area contributed by atoms with Crippen LogP contribution in [-0.4, -0.2) is 193 Å². The number of ether oxygens (including phenoxy) is 6. The number of rotatable bonds is 13. The minimum atomic E-state index is -2.83. The largest absolute Gasteiger partial charge is 0.477 e. The lowest BCUT2D eigenvalue weighted by Crippen LogP contribution is -2.69. The molecule has 0 aromatic heterocycles. The zero-order chi connectivity index (χ0) is 35.4. The molecule has 12 N–H and O–H groups in total. The number of amides is 2. The van der Waals surface area contributed by atoms with Crippen LogP contribution in [0.3, 0.4) is 0 Å². The first-order valence-corrected chi connectivity index (χ1v) is 14.6. The van der Waals surface area contributed by atoms with Crippen LogP contribution in [0.1, 0.15) is 20.3 Å². The van der Waals surface area contributed by atoms with E-state index in [0.717, 1.165) is 13.8 Å². The summed E-state index contributed by atoms with van der Waals surface area (Å²) in [6.07, 6.45) is -23.8. The molecule has 3 saturated heterocycles. The number of aliphatic hydroxyl groups excluding tert-OH is 9. The molecule has 47 heavy (non-hydrogen) atoms. The van der Waals surface area contributed by atoms with Crippen LogP contribution in [0.15, 0.2) is 0 Å². The first-order chi connectivity index (χ1) is 22.0. The molecule has 272 valence electrons. The number of hydrogen-bond donors (Lipinski definition) is 12. The van der Waals surface area contributed by atoms with E-state index in [-0.39, 0.29) is 0 Å². The van der Waals surface area contributed by atoms with E-state index in [1.54, 1.807) is 0 Å². The summed E-state index contributed by atoms with van der Waals surface area (Å²) in [7, 11) is 1.22. The van der Waals surface area contributed by atoms with Gasteiger partial charge in [0.25, 0.3) is 5.79 Å². The Hall–Kier alpha value is -2.19. The fraction of sp³-hybridized carbons (Fsp3) is 0.885. The first-order valence-electron chi connectivity index (χ1n) is 14.6. The Bertz CT molecular complexity index is 1070. The van der Waals surface area contributed by atoms with Crippen molar-refractivity contribution >= 4 is 17.8 Å². The first kappa shape index (κ1) is 39.3. The van der Waals surface area contributed by atoms with Gasteiger partial charge in [-0.15, -0.1) is 0 Å². The van der Waals surface area contributed by atoms with Crippen molar-refractivity contribution in [1.29, 1.82) is 0 Å². The van der Waals surface area contributed by atoms with Gasteiger partial charge in [0.2, 0.25) is 11.8 Å². The summed E-state index contributed by atoms with van der Waals surface area (Å²) < 4.78 is 32.9. The van der Waals surface area contributed by atoms with Gasteiger partial charge in [-0.2, -0.15) is 0 Å². The van der Waals surface area contributed by atoms with Crippen molar-refractivity contribution in [3.8, 4) is 0 Å². The third kappa shape index (κ3) is 8.70. The standard InChI is InChI=1S/C26H44N2O19/c1-8(31)27-14-10(33)4-26(25(40)41,47-22(14)16(35)11(34)5-29)43-7-13-17(36)19(38)20(39)24(45-13)46-21-12(6-30)44-23(42-3)15(18(21)37)28-9(2)32/h10-24,29-30,33-39H,4-7H2,1-3H3,(H,27,31)(H,28,32)(H,40,41)/t10-,11+,12+,13+,14+,15+,16+,17-,18+,19-,20+,21+,22+,23+,24-,26+/m0/s1. The predicted octanol–water partition coefficient (Wildman–Crippen LogP) is -7.43. The second-order valence-electron chi connectivity index (χ2n) is 11.5. The molecule has 0 aliphatic carbocycles. The second kappa shape index (κ2) is 16.5. The summed E-state index contributed by atoms with van der Waals surface area (Å²) in [4.78, 5) is 35.9. The highest BCUT2D eigenvalue weighted by molar-refractivity contribution is 5.76. The summed E-state index contributed by atoms with van der Waals surface area (Å²) in [5, 5.41) is 108. The minimum absolute atomic E-state index is 0.586. The van der Waals surface area contributed by atoms with Crippen LogP contribution < -0.4 is 10.6 Å². The summed E-state index contributed by atoms with van der Waals surface area (Å²) >= 11 is 0. The second-order valence-corrected chi connectivity index (χ2v) is 11.5. The molecule has 0 aromatic rings. The number of carbonyl (C=O) groups is 3. The summed E-state index contributed by atoms with van der Waals surface area (Å²) in [6.45, 7) is -0.504. The van der Waals surface area contributed by atoms with E-state index in [0.29, 0.717) is 0 Å². The SMILES string of the molecule is CO[C@@H]1O[C@H](CO)[C@@H](O[C@@H]2O[C@H](CO[C@]3(C(=O)O)C[C@H](O)[C@@H](NC(C)=O)[C@H]([C@H](O)[C@H](O)CO)O3)[C@H](O)[C@H](O)[C@H]2O)[C@H](O)[C@H]1NC(C)=O. The van der Waals surface area contributed by atoms with E-state index in [9.17, 15) is 65.4 Å². The Morgan fingerprint density at radius 3 is 2.00 bits per heavy atom. The fourth-order valence-corrected chi connectivity index (χ4v) is 5.64. The number of methoxy groups -OCH3 is 1. The van der Waals surface area contributed by atoms with Crippen molar-refractivity contribution in [1.82, 2.24) is 10.6 Å². The predicted molar refractivity (Wildman–Crippen MR) is 146 cm³/mol. The molecule has 2 amide bonds. The number of nitrogens with one attached hydrogen (secondary N) is 2. The fourth-order valence-electron chi connectivity index (χ4n) is 5.64. The highest BCUT2D eigenvalue weighted by Gasteiger charge is 2.57. The van der Waals surface area contributed by atoms with E-state index in [4.69, 9.17) is 28.4 Å². The molecule has 21 nitrogen and oxygen atoms in total. The van der Waals surface area contributed by atoms with E-state index in [1.807, 2.05) is 0 Å². The maximum Gasteiger partial charge on any atom is 0.364 e. The maximum absolute atomic E-state index is 12.5. The molecule has 0 unspecified atom stereocenters. The van der Waals surface area contributed by atoms with E-state index >= 15 is 0 Å². The number of carboxylic acid groups (broad SMARTS) is 1. The van der Waals surface area contributed by atoms with Gasteiger partial charge in [-0.05, 0) is 0 Å². The van der Waals surface area contributed by atoms with E-state index < -0.39 is 142 Å². The lowest BCUT2D eigenvalue weighted by Gasteiger charge is -2.48. The van der Waals surface area contributed by atoms with Gasteiger partial charge in [0, 0.05) is 27.4 Å². The molecule has 0 spiro atoms. The normalized spacial score (nSPS) is 42.3. The lowest BCUT2D eigenvalue weighted by molar-refractivity contribution is -0.359. The van der Waals surface area contributed by atoms with Crippen LogP contribution in [0.4, 0.5) is 0 Å². The Balaban J connectivity index is 1.84. The summed E-state index contributed by atoms with van der Waals surface area (Å²) in [5.41, 5.74) is 0. The molecule has 3 aliphatic heterocycles. The lowest BCUT2D eigenvalue weighted by atomic mass is 9.88. The van der Waals surface area contributed by atoms with Gasteiger partial charge in [0.15, 0.2) is 12.6 Å². The third-order valence-electron chi connectivity index (χ3n) is 8.08. The van der Waals surface area contributed by atoms with Crippen LogP contribution in [-0.2, 0) is 42.8 Å². The molecule has 0 saturated carbocycles.